The van der Waals surface area contributed by atoms with Crippen LogP contribution in [-0.4, -0.2) is 18.1 Å². The molecule has 0 saturated heterocycles. The molecule has 2 atom stereocenters. The van der Waals surface area contributed by atoms with Gasteiger partial charge in [0.15, 0.2) is 0 Å². The summed E-state index contributed by atoms with van der Waals surface area (Å²) >= 11 is 0. The molecule has 0 saturated carbocycles. The van der Waals surface area contributed by atoms with E-state index in [9.17, 15) is 4.79 Å². The Kier molecular flexibility index (Phi) is 5.06. The van der Waals surface area contributed by atoms with Crippen molar-refractivity contribution in [2.75, 3.05) is 0 Å². The number of carbonyl (C=O) groups is 1. The van der Waals surface area contributed by atoms with Crippen molar-refractivity contribution >= 4 is 11.6 Å². The predicted molar refractivity (Wildman–Crippen MR) is 80.5 cm³/mol. The number of halogens is 1. The first-order valence-corrected chi connectivity index (χ1v) is 7.11. The van der Waals surface area contributed by atoms with E-state index in [1.807, 2.05) is 37.3 Å². The molecule has 4 nitrogen and oxygen atoms in total. The van der Waals surface area contributed by atoms with E-state index < -0.39 is 0 Å². The van der Waals surface area contributed by atoms with E-state index >= 15 is 0 Å². The van der Waals surface area contributed by atoms with Crippen LogP contribution in [0.25, 0.3) is 0 Å². The van der Waals surface area contributed by atoms with Gasteiger partial charge >= 0.3 is 0 Å². The third-order valence-electron chi connectivity index (χ3n) is 3.80. The molecule has 2 unspecified atom stereocenters. The summed E-state index contributed by atoms with van der Waals surface area (Å²) in [6, 6.07) is 15.2. The topological polar surface area (TPSA) is 66.0 Å². The molecular formula is C17H19ClN2O2. The van der Waals surface area contributed by atoms with Crippen molar-refractivity contribution in [2.24, 2.45) is 0 Å². The largest absolute Gasteiger partial charge is 1.00 e. The zero-order valence-electron chi connectivity index (χ0n) is 12.4. The van der Waals surface area contributed by atoms with E-state index in [4.69, 9.17) is 4.74 Å². The van der Waals surface area contributed by atoms with Crippen LogP contribution in [0.4, 0.5) is 5.69 Å². The second-order valence-corrected chi connectivity index (χ2v) is 5.43. The first-order valence-electron chi connectivity index (χ1n) is 7.11. The highest BCUT2D eigenvalue weighted by Gasteiger charge is 2.28. The lowest BCUT2D eigenvalue weighted by Gasteiger charge is -2.20. The number of hydrogen-bond donors (Lipinski definition) is 2. The Morgan fingerprint density at radius 2 is 1.91 bits per heavy atom. The fourth-order valence-electron chi connectivity index (χ4n) is 2.53. The van der Waals surface area contributed by atoms with Crippen LogP contribution in [0.1, 0.15) is 22.8 Å². The molecule has 1 heterocycles. The van der Waals surface area contributed by atoms with Gasteiger partial charge in [0.25, 0.3) is 5.91 Å². The summed E-state index contributed by atoms with van der Waals surface area (Å²) in [7, 11) is 0. The van der Waals surface area contributed by atoms with Crippen molar-refractivity contribution in [1.29, 1.82) is 0 Å². The number of hydrogen-bond acceptors (Lipinski definition) is 2. The summed E-state index contributed by atoms with van der Waals surface area (Å²) in [5.74, 6) is 0.840. The second-order valence-electron chi connectivity index (χ2n) is 5.43. The average molecular weight is 319 g/mol. The highest BCUT2D eigenvalue weighted by molar-refractivity contribution is 5.94. The van der Waals surface area contributed by atoms with Gasteiger partial charge in [-0.05, 0) is 42.8 Å². The van der Waals surface area contributed by atoms with Crippen molar-refractivity contribution in [2.45, 2.75) is 25.5 Å². The molecule has 0 fully saturated rings. The first kappa shape index (κ1) is 16.3. The van der Waals surface area contributed by atoms with Gasteiger partial charge < -0.3 is 28.2 Å². The highest BCUT2D eigenvalue weighted by atomic mass is 35.5. The Morgan fingerprint density at radius 3 is 2.59 bits per heavy atom. The van der Waals surface area contributed by atoms with Gasteiger partial charge in [0.05, 0.1) is 6.04 Å². The number of carbonyl (C=O) groups excluding carboxylic acids is 1. The smallest absolute Gasteiger partial charge is 0.251 e. The van der Waals surface area contributed by atoms with Gasteiger partial charge in [-0.3, -0.25) is 4.79 Å². The monoisotopic (exact) mass is 318 g/mol. The van der Waals surface area contributed by atoms with Crippen molar-refractivity contribution in [3.63, 3.8) is 0 Å². The van der Waals surface area contributed by atoms with Gasteiger partial charge in [0.1, 0.15) is 17.5 Å². The van der Waals surface area contributed by atoms with Crippen LogP contribution in [0.2, 0.25) is 0 Å². The van der Waals surface area contributed by atoms with E-state index in [2.05, 4.69) is 17.1 Å². The SMILES string of the molecule is CC(NC(=O)c1ccc([NH3+])cc1)C1Cc2ccccc2O1.[Cl-]. The lowest BCUT2D eigenvalue weighted by atomic mass is 10.1. The maximum atomic E-state index is 12.2. The molecule has 5 heteroatoms. The van der Waals surface area contributed by atoms with E-state index in [-0.39, 0.29) is 30.5 Å². The third kappa shape index (κ3) is 3.40. The highest BCUT2D eigenvalue weighted by Crippen LogP contribution is 2.29. The quantitative estimate of drug-likeness (QED) is 0.738. The van der Waals surface area contributed by atoms with Gasteiger partial charge in [-0.1, -0.05) is 18.2 Å². The Bertz CT molecular complexity index is 633. The zero-order chi connectivity index (χ0) is 14.8. The third-order valence-corrected chi connectivity index (χ3v) is 3.80. The molecule has 22 heavy (non-hydrogen) atoms. The lowest BCUT2D eigenvalue weighted by molar-refractivity contribution is -0.254. The average Bonchev–Trinajstić information content (AvgIpc) is 2.92. The number of quaternary nitrogens is 1. The molecule has 4 N–H and O–H groups in total. The molecule has 1 aliphatic rings. The maximum absolute atomic E-state index is 12.2. The van der Waals surface area contributed by atoms with Gasteiger partial charge in [-0.25, -0.2) is 0 Å². The minimum absolute atomic E-state index is 0. The standard InChI is InChI=1S/C17H18N2O2.ClH/c1-11(16-10-13-4-2-3-5-15(13)21-16)19-17(20)12-6-8-14(18)9-7-12;/h2-9,11,16H,10,18H2,1H3,(H,19,20);1H. The number of benzene rings is 2. The van der Waals surface area contributed by atoms with E-state index in [1.165, 1.54) is 5.56 Å². The van der Waals surface area contributed by atoms with Crippen molar-refractivity contribution in [1.82, 2.24) is 5.32 Å². The van der Waals surface area contributed by atoms with Crippen molar-refractivity contribution in [3.05, 3.63) is 59.7 Å². The summed E-state index contributed by atoms with van der Waals surface area (Å²) in [5.41, 5.74) is 6.56. The van der Waals surface area contributed by atoms with Crippen LogP contribution in [0.5, 0.6) is 5.75 Å². The number of nitrogens with one attached hydrogen (secondary N) is 1. The summed E-state index contributed by atoms with van der Waals surface area (Å²) in [5, 5.41) is 3.01. The number of amides is 1. The molecule has 2 aromatic carbocycles. The van der Waals surface area contributed by atoms with Gasteiger partial charge in [0, 0.05) is 12.0 Å². The normalized spacial score (nSPS) is 16.9. The van der Waals surface area contributed by atoms with Gasteiger partial charge in [0.2, 0.25) is 0 Å². The van der Waals surface area contributed by atoms with Crippen LogP contribution in [0.3, 0.4) is 0 Å². The molecular weight excluding hydrogens is 300 g/mol. The Morgan fingerprint density at radius 1 is 1.23 bits per heavy atom. The molecule has 1 amide bonds. The Hall–Kier alpha value is -2.04. The molecule has 1 aliphatic heterocycles. The minimum Gasteiger partial charge on any atom is -1.00 e. The fourth-order valence-corrected chi connectivity index (χ4v) is 2.53. The van der Waals surface area contributed by atoms with Crippen LogP contribution in [0, 0.1) is 0 Å². The number of rotatable bonds is 3. The predicted octanol–water partition coefficient (Wildman–Crippen LogP) is -1.31. The fraction of sp³-hybridized carbons (Fsp3) is 0.235. The zero-order valence-corrected chi connectivity index (χ0v) is 13.1. The first-order chi connectivity index (χ1) is 10.1. The molecule has 0 radical (unpaired) electrons. The summed E-state index contributed by atoms with van der Waals surface area (Å²) in [6.45, 7) is 1.98. The van der Waals surface area contributed by atoms with E-state index in [0.717, 1.165) is 17.9 Å². The van der Waals surface area contributed by atoms with Crippen LogP contribution in [-0.2, 0) is 6.42 Å². The van der Waals surface area contributed by atoms with Crippen LogP contribution < -0.4 is 28.2 Å². The van der Waals surface area contributed by atoms with Crippen molar-refractivity contribution in [3.8, 4) is 5.75 Å². The minimum atomic E-state index is -0.0814. The maximum Gasteiger partial charge on any atom is 0.251 e. The Balaban J connectivity index is 0.00000176. The van der Waals surface area contributed by atoms with Gasteiger partial charge in [-0.2, -0.15) is 0 Å². The van der Waals surface area contributed by atoms with Crippen molar-refractivity contribution < 1.29 is 27.7 Å². The van der Waals surface area contributed by atoms with Crippen LogP contribution >= 0.6 is 0 Å². The molecule has 2 aromatic rings. The molecule has 3 rings (SSSR count). The number of fused-ring (bicyclic) bond motifs is 1. The molecule has 116 valence electrons. The number of para-hydroxylation sites is 1. The van der Waals surface area contributed by atoms with Gasteiger partial charge in [-0.15, -0.1) is 0 Å². The summed E-state index contributed by atoms with van der Waals surface area (Å²) < 4.78 is 5.90. The summed E-state index contributed by atoms with van der Waals surface area (Å²) in [6.07, 6.45) is 0.813. The molecule has 0 aromatic heterocycles. The second kappa shape index (κ2) is 6.81. The molecule has 0 aliphatic carbocycles. The Labute approximate surface area is 136 Å². The van der Waals surface area contributed by atoms with E-state index in [1.54, 1.807) is 12.1 Å². The number of ether oxygens (including phenoxy) is 1. The lowest BCUT2D eigenvalue weighted by Crippen LogP contribution is -3.00. The summed E-state index contributed by atoms with van der Waals surface area (Å²) in [4.78, 5) is 12.2. The van der Waals surface area contributed by atoms with E-state index in [0.29, 0.717) is 5.56 Å². The van der Waals surface area contributed by atoms with Crippen LogP contribution in [0.15, 0.2) is 48.5 Å². The molecule has 0 bridgehead atoms. The molecule has 0 spiro atoms.